The maximum atomic E-state index is 13.0. The Bertz CT molecular complexity index is 1140. The zero-order chi connectivity index (χ0) is 22.9. The van der Waals surface area contributed by atoms with Crippen molar-refractivity contribution in [3.05, 3.63) is 65.7 Å². The van der Waals surface area contributed by atoms with Crippen molar-refractivity contribution in [1.82, 2.24) is 4.90 Å². The van der Waals surface area contributed by atoms with Crippen LogP contribution in [0.25, 0.3) is 0 Å². The number of nitrogens with one attached hydrogen (secondary N) is 1. The van der Waals surface area contributed by atoms with Gasteiger partial charge in [-0.2, -0.15) is 0 Å². The number of rotatable bonds is 5. The maximum absolute atomic E-state index is 13.0. The third-order valence-electron chi connectivity index (χ3n) is 7.82. The molecule has 5 aliphatic rings. The molecule has 1 aliphatic heterocycles. The summed E-state index contributed by atoms with van der Waals surface area (Å²) in [6, 6.07) is 13.1. The maximum Gasteiger partial charge on any atom is 0.244 e. The number of ether oxygens (including phenoxy) is 1. The summed E-state index contributed by atoms with van der Waals surface area (Å²) in [5, 5.41) is 2.80. The summed E-state index contributed by atoms with van der Waals surface area (Å²) >= 11 is 0. The largest absolute Gasteiger partial charge is 0.457 e. The van der Waals surface area contributed by atoms with Crippen LogP contribution in [0.15, 0.2) is 54.6 Å². The van der Waals surface area contributed by atoms with E-state index in [0.717, 1.165) is 23.3 Å². The molecular formula is C27H26N2O4. The molecule has 2 aromatic carbocycles. The van der Waals surface area contributed by atoms with Gasteiger partial charge < -0.3 is 10.1 Å². The summed E-state index contributed by atoms with van der Waals surface area (Å²) in [6.45, 7) is 3.76. The minimum atomic E-state index is -0.371. The molecule has 3 fully saturated rings. The van der Waals surface area contributed by atoms with Gasteiger partial charge in [0.1, 0.15) is 18.0 Å². The molecule has 2 saturated carbocycles. The van der Waals surface area contributed by atoms with Crippen LogP contribution in [-0.4, -0.2) is 29.2 Å². The van der Waals surface area contributed by atoms with E-state index in [-0.39, 0.29) is 47.9 Å². The first-order chi connectivity index (χ1) is 15.9. The van der Waals surface area contributed by atoms with Gasteiger partial charge in [0.2, 0.25) is 17.7 Å². The Balaban J connectivity index is 1.10. The second-order valence-electron chi connectivity index (χ2n) is 9.81. The minimum absolute atomic E-state index is 0.166. The monoisotopic (exact) mass is 442 g/mol. The first-order valence-electron chi connectivity index (χ1n) is 11.6. The number of allylic oxidation sites excluding steroid dienone is 2. The molecule has 1 N–H and O–H groups in total. The third kappa shape index (κ3) is 3.19. The van der Waals surface area contributed by atoms with Crippen molar-refractivity contribution < 1.29 is 19.1 Å². The van der Waals surface area contributed by atoms with Gasteiger partial charge in [-0.25, -0.2) is 0 Å². The summed E-state index contributed by atoms with van der Waals surface area (Å²) in [6.07, 6.45) is 5.40. The first kappa shape index (κ1) is 20.2. The molecule has 6 heteroatoms. The van der Waals surface area contributed by atoms with E-state index in [1.54, 1.807) is 24.3 Å². The van der Waals surface area contributed by atoms with Crippen molar-refractivity contribution >= 4 is 23.4 Å². The molecule has 168 valence electrons. The van der Waals surface area contributed by atoms with Gasteiger partial charge in [0.15, 0.2) is 0 Å². The average molecular weight is 443 g/mol. The number of para-hydroxylation sites is 1. The fraction of sp³-hybridized carbons (Fsp3) is 0.370. The summed E-state index contributed by atoms with van der Waals surface area (Å²) in [4.78, 5) is 39.9. The van der Waals surface area contributed by atoms with E-state index in [1.807, 2.05) is 32.0 Å². The Morgan fingerprint density at radius 1 is 0.939 bits per heavy atom. The predicted octanol–water partition coefficient (Wildman–Crippen LogP) is 4.09. The van der Waals surface area contributed by atoms with E-state index >= 15 is 0 Å². The van der Waals surface area contributed by atoms with Crippen LogP contribution >= 0.6 is 0 Å². The van der Waals surface area contributed by atoms with Gasteiger partial charge in [-0.1, -0.05) is 30.4 Å². The lowest BCUT2D eigenvalue weighted by atomic mass is 9.63. The van der Waals surface area contributed by atoms with E-state index in [0.29, 0.717) is 23.3 Å². The lowest BCUT2D eigenvalue weighted by molar-refractivity contribution is -0.142. The van der Waals surface area contributed by atoms with E-state index < -0.39 is 0 Å². The fourth-order valence-corrected chi connectivity index (χ4v) is 6.20. The molecule has 0 unspecified atom stereocenters. The van der Waals surface area contributed by atoms with Crippen molar-refractivity contribution in [2.24, 2.45) is 35.5 Å². The molecule has 7 rings (SSSR count). The molecule has 33 heavy (non-hydrogen) atoms. The van der Waals surface area contributed by atoms with Gasteiger partial charge in [-0.15, -0.1) is 0 Å². The van der Waals surface area contributed by atoms with Crippen molar-refractivity contribution in [3.8, 4) is 11.5 Å². The Morgan fingerprint density at radius 3 is 2.09 bits per heavy atom. The Morgan fingerprint density at radius 2 is 1.52 bits per heavy atom. The second kappa shape index (κ2) is 7.30. The highest BCUT2D eigenvalue weighted by molar-refractivity contribution is 6.09. The molecule has 1 heterocycles. The molecule has 0 spiro atoms. The number of hydrogen-bond donors (Lipinski definition) is 1. The zero-order valence-corrected chi connectivity index (χ0v) is 18.7. The summed E-state index contributed by atoms with van der Waals surface area (Å²) < 4.78 is 6.01. The molecule has 2 aromatic rings. The standard InChI is InChI=1S/C27H26N2O4/c1-14-4-3-5-15(2)25(14)33-17-8-6-16(7-9-17)28-22(30)13-29-26(31)23-18-10-11-19(21-12-20(18)21)24(23)27(29)32/h3-11,18-21,23-24H,12-13H2,1-2H3,(H,28,30)/t18-,19-,20-,21-,23-,24+/m1/s1. The number of imide groups is 1. The highest BCUT2D eigenvalue weighted by atomic mass is 16.5. The normalized spacial score (nSPS) is 30.8. The number of nitrogens with zero attached hydrogens (tertiary/aromatic N) is 1. The molecule has 0 radical (unpaired) electrons. The molecule has 6 atom stereocenters. The van der Waals surface area contributed by atoms with E-state index in [9.17, 15) is 14.4 Å². The van der Waals surface area contributed by atoms with Crippen molar-refractivity contribution in [1.29, 1.82) is 0 Å². The molecule has 6 nitrogen and oxygen atoms in total. The van der Waals surface area contributed by atoms with Crippen LogP contribution in [-0.2, 0) is 14.4 Å². The Kier molecular flexibility index (Phi) is 4.47. The highest BCUT2D eigenvalue weighted by Crippen LogP contribution is 2.65. The summed E-state index contributed by atoms with van der Waals surface area (Å²) in [7, 11) is 0. The number of aryl methyl sites for hydroxylation is 2. The number of anilines is 1. The number of hydrogen-bond acceptors (Lipinski definition) is 4. The predicted molar refractivity (Wildman–Crippen MR) is 122 cm³/mol. The van der Waals surface area contributed by atoms with Crippen LogP contribution in [0.3, 0.4) is 0 Å². The number of carbonyl (C=O) groups excluding carboxylic acids is 3. The minimum Gasteiger partial charge on any atom is -0.457 e. The van der Waals surface area contributed by atoms with Gasteiger partial charge >= 0.3 is 0 Å². The van der Waals surface area contributed by atoms with Crippen LogP contribution < -0.4 is 10.1 Å². The number of carbonyl (C=O) groups is 3. The van der Waals surface area contributed by atoms with Crippen molar-refractivity contribution in [2.45, 2.75) is 20.3 Å². The number of benzene rings is 2. The van der Waals surface area contributed by atoms with Crippen LogP contribution in [0.2, 0.25) is 0 Å². The second-order valence-corrected chi connectivity index (χ2v) is 9.81. The first-order valence-corrected chi connectivity index (χ1v) is 11.6. The van der Waals surface area contributed by atoms with Crippen LogP contribution in [0.4, 0.5) is 5.69 Å². The molecule has 4 aliphatic carbocycles. The van der Waals surface area contributed by atoms with E-state index in [2.05, 4.69) is 17.5 Å². The lowest BCUT2D eigenvalue weighted by Gasteiger charge is -2.37. The molecular weight excluding hydrogens is 416 g/mol. The Labute approximate surface area is 192 Å². The van der Waals surface area contributed by atoms with Gasteiger partial charge in [-0.05, 0) is 79.3 Å². The van der Waals surface area contributed by atoms with Crippen LogP contribution in [0, 0.1) is 49.4 Å². The topological polar surface area (TPSA) is 75.7 Å². The van der Waals surface area contributed by atoms with E-state index in [4.69, 9.17) is 4.74 Å². The molecule has 0 aromatic heterocycles. The highest BCUT2D eigenvalue weighted by Gasteiger charge is 2.67. The third-order valence-corrected chi connectivity index (χ3v) is 7.82. The smallest absolute Gasteiger partial charge is 0.244 e. The van der Waals surface area contributed by atoms with Crippen LogP contribution in [0.5, 0.6) is 11.5 Å². The average Bonchev–Trinajstić information content (AvgIpc) is 3.59. The lowest BCUT2D eigenvalue weighted by Crippen LogP contribution is -2.40. The zero-order valence-electron chi connectivity index (χ0n) is 18.7. The van der Waals surface area contributed by atoms with E-state index in [1.165, 1.54) is 4.90 Å². The van der Waals surface area contributed by atoms with Crippen molar-refractivity contribution in [2.75, 3.05) is 11.9 Å². The summed E-state index contributed by atoms with van der Waals surface area (Å²) in [5.74, 6) is 1.65. The Hall–Kier alpha value is -3.41. The molecule has 2 bridgehead atoms. The van der Waals surface area contributed by atoms with Gasteiger partial charge in [0.25, 0.3) is 0 Å². The number of amides is 3. The van der Waals surface area contributed by atoms with Gasteiger partial charge in [0, 0.05) is 5.69 Å². The fourth-order valence-electron chi connectivity index (χ4n) is 6.20. The van der Waals surface area contributed by atoms with Gasteiger partial charge in [0.05, 0.1) is 11.8 Å². The number of likely N-dealkylation sites (tertiary alicyclic amines) is 1. The van der Waals surface area contributed by atoms with Crippen LogP contribution in [0.1, 0.15) is 17.5 Å². The van der Waals surface area contributed by atoms with Gasteiger partial charge in [-0.3, -0.25) is 19.3 Å². The molecule has 3 amide bonds. The SMILES string of the molecule is Cc1cccc(C)c1Oc1ccc(NC(=O)CN2C(=O)[C@@H]3[C@@H]4C=C[C@H]([C@H]5C[C@H]45)[C@@H]3C2=O)cc1. The van der Waals surface area contributed by atoms with Crippen molar-refractivity contribution in [3.63, 3.8) is 0 Å². The molecule has 1 saturated heterocycles. The quantitative estimate of drug-likeness (QED) is 0.559. The summed E-state index contributed by atoms with van der Waals surface area (Å²) in [5.41, 5.74) is 2.69.